The van der Waals surface area contributed by atoms with Crippen LogP contribution in [-0.2, 0) is 5.60 Å². The Morgan fingerprint density at radius 3 is 2.70 bits per heavy atom. The normalized spacial score (nSPS) is 18.6. The second-order valence-corrected chi connectivity index (χ2v) is 7.67. The SMILES string of the molecule is CC.CC(C)(O)c1ccc2ncc(-c3cccc(NC4CNCCC4(F)F)n3)n2c1. The second-order valence-electron chi connectivity index (χ2n) is 7.67. The van der Waals surface area contributed by atoms with Gasteiger partial charge in [-0.05, 0) is 37.6 Å². The van der Waals surface area contributed by atoms with Crippen molar-refractivity contribution in [2.45, 2.75) is 51.7 Å². The van der Waals surface area contributed by atoms with E-state index in [4.69, 9.17) is 0 Å². The van der Waals surface area contributed by atoms with Crippen LogP contribution in [0.15, 0.2) is 42.7 Å². The highest BCUT2D eigenvalue weighted by Crippen LogP contribution is 2.29. The minimum absolute atomic E-state index is 0.184. The second kappa shape index (κ2) is 8.65. The fourth-order valence-electron chi connectivity index (χ4n) is 3.35. The summed E-state index contributed by atoms with van der Waals surface area (Å²) in [4.78, 5) is 8.90. The Hall–Kier alpha value is -2.58. The number of fused-ring (bicyclic) bond motifs is 1. The highest BCUT2D eigenvalue weighted by atomic mass is 19.3. The molecule has 30 heavy (non-hydrogen) atoms. The van der Waals surface area contributed by atoms with Gasteiger partial charge in [0.2, 0.25) is 0 Å². The third-order valence-electron chi connectivity index (χ3n) is 5.04. The molecule has 4 heterocycles. The van der Waals surface area contributed by atoms with Gasteiger partial charge in [-0.3, -0.25) is 4.40 Å². The number of imidazole rings is 1. The van der Waals surface area contributed by atoms with Gasteiger partial charge in [-0.2, -0.15) is 0 Å². The maximum absolute atomic E-state index is 14.1. The Labute approximate surface area is 175 Å². The first-order valence-corrected chi connectivity index (χ1v) is 10.3. The molecule has 0 spiro atoms. The lowest BCUT2D eigenvalue weighted by atomic mass is 10.0. The number of halogens is 2. The van der Waals surface area contributed by atoms with Crippen LogP contribution in [0.4, 0.5) is 14.6 Å². The van der Waals surface area contributed by atoms with E-state index in [1.165, 1.54) is 0 Å². The molecular weight excluding hydrogens is 388 g/mol. The Morgan fingerprint density at radius 2 is 2.00 bits per heavy atom. The topological polar surface area (TPSA) is 74.5 Å². The highest BCUT2D eigenvalue weighted by Gasteiger charge is 2.41. The standard InChI is InChI=1S/C20H23F2N5O.C2H6/c1-19(2,28)13-6-7-18-24-10-15(27(18)12-13)14-4-3-5-17(25-14)26-16-11-23-9-8-20(16,21)22;1-2/h3-7,10,12,16,23,28H,8-9,11H2,1-2H3,(H,25,26);1-2H3. The summed E-state index contributed by atoms with van der Waals surface area (Å²) in [5, 5.41) is 16.1. The fraction of sp³-hybridized carbons (Fsp3) is 0.455. The smallest absolute Gasteiger partial charge is 0.270 e. The van der Waals surface area contributed by atoms with Crippen LogP contribution in [0.2, 0.25) is 0 Å². The van der Waals surface area contributed by atoms with E-state index in [1.807, 2.05) is 42.6 Å². The molecule has 0 amide bonds. The van der Waals surface area contributed by atoms with Crippen molar-refractivity contribution in [2.75, 3.05) is 18.4 Å². The number of aliphatic hydroxyl groups is 1. The molecule has 1 atom stereocenters. The van der Waals surface area contributed by atoms with E-state index < -0.39 is 17.6 Å². The van der Waals surface area contributed by atoms with E-state index in [-0.39, 0.29) is 13.0 Å². The van der Waals surface area contributed by atoms with Crippen LogP contribution in [-0.4, -0.2) is 44.5 Å². The van der Waals surface area contributed by atoms with Crippen LogP contribution in [0.1, 0.15) is 39.7 Å². The third kappa shape index (κ3) is 4.60. The van der Waals surface area contributed by atoms with Gasteiger partial charge in [-0.15, -0.1) is 0 Å². The number of nitrogens with one attached hydrogen (secondary N) is 2. The summed E-state index contributed by atoms with van der Waals surface area (Å²) in [6, 6.07) is 7.91. The number of rotatable bonds is 4. The molecule has 8 heteroatoms. The predicted octanol–water partition coefficient (Wildman–Crippen LogP) is 4.06. The van der Waals surface area contributed by atoms with Crippen molar-refractivity contribution in [3.8, 4) is 11.4 Å². The van der Waals surface area contributed by atoms with Crippen LogP contribution in [0, 0.1) is 0 Å². The van der Waals surface area contributed by atoms with Gasteiger partial charge < -0.3 is 15.7 Å². The molecule has 1 aliphatic rings. The van der Waals surface area contributed by atoms with Crippen LogP contribution in [0.5, 0.6) is 0 Å². The minimum atomic E-state index is -2.78. The van der Waals surface area contributed by atoms with Gasteiger partial charge in [0.1, 0.15) is 17.5 Å². The van der Waals surface area contributed by atoms with Gasteiger partial charge in [0.15, 0.2) is 0 Å². The summed E-state index contributed by atoms with van der Waals surface area (Å²) < 4.78 is 30.1. The Bertz CT molecular complexity index is 997. The first-order chi connectivity index (χ1) is 14.2. The van der Waals surface area contributed by atoms with E-state index in [2.05, 4.69) is 20.6 Å². The van der Waals surface area contributed by atoms with Gasteiger partial charge in [-0.1, -0.05) is 26.0 Å². The zero-order chi connectivity index (χ0) is 21.9. The molecule has 3 N–H and O–H groups in total. The number of aromatic nitrogens is 3. The summed E-state index contributed by atoms with van der Waals surface area (Å²) in [6.07, 6.45) is 3.31. The van der Waals surface area contributed by atoms with Crippen molar-refractivity contribution in [1.29, 1.82) is 0 Å². The number of nitrogens with zero attached hydrogens (tertiary/aromatic N) is 3. The van der Waals surface area contributed by atoms with Crippen molar-refractivity contribution in [3.05, 3.63) is 48.3 Å². The lowest BCUT2D eigenvalue weighted by molar-refractivity contribution is -0.0384. The molecule has 162 valence electrons. The molecule has 4 rings (SSSR count). The van der Waals surface area contributed by atoms with Gasteiger partial charge in [-0.25, -0.2) is 18.7 Å². The average Bonchev–Trinajstić information content (AvgIpc) is 3.14. The lowest BCUT2D eigenvalue weighted by Crippen LogP contribution is -2.52. The molecule has 0 aliphatic carbocycles. The lowest BCUT2D eigenvalue weighted by Gasteiger charge is -2.32. The van der Waals surface area contributed by atoms with Gasteiger partial charge in [0, 0.05) is 25.7 Å². The molecule has 1 fully saturated rings. The van der Waals surface area contributed by atoms with Crippen LogP contribution >= 0.6 is 0 Å². The van der Waals surface area contributed by atoms with E-state index in [1.54, 1.807) is 32.2 Å². The first kappa shape index (κ1) is 22.1. The van der Waals surface area contributed by atoms with Crippen LogP contribution < -0.4 is 10.6 Å². The monoisotopic (exact) mass is 417 g/mol. The summed E-state index contributed by atoms with van der Waals surface area (Å²) >= 11 is 0. The van der Waals surface area contributed by atoms with E-state index in [9.17, 15) is 13.9 Å². The quantitative estimate of drug-likeness (QED) is 0.597. The highest BCUT2D eigenvalue weighted by molar-refractivity contribution is 5.62. The molecule has 6 nitrogen and oxygen atoms in total. The molecule has 1 unspecified atom stereocenters. The summed E-state index contributed by atoms with van der Waals surface area (Å²) in [5.41, 5.74) is 1.79. The molecule has 3 aromatic rings. The molecule has 1 saturated heterocycles. The summed E-state index contributed by atoms with van der Waals surface area (Å²) in [7, 11) is 0. The van der Waals surface area contributed by atoms with Crippen molar-refractivity contribution >= 4 is 11.5 Å². The predicted molar refractivity (Wildman–Crippen MR) is 115 cm³/mol. The Morgan fingerprint density at radius 1 is 1.23 bits per heavy atom. The van der Waals surface area contributed by atoms with Crippen molar-refractivity contribution in [1.82, 2.24) is 19.7 Å². The number of pyridine rings is 2. The molecule has 0 bridgehead atoms. The maximum Gasteiger partial charge on any atom is 0.270 e. The van der Waals surface area contributed by atoms with Crippen molar-refractivity contribution in [2.24, 2.45) is 0 Å². The number of anilines is 1. The molecule has 1 aliphatic heterocycles. The van der Waals surface area contributed by atoms with E-state index in [0.717, 1.165) is 11.3 Å². The van der Waals surface area contributed by atoms with Crippen molar-refractivity contribution < 1.29 is 13.9 Å². The molecule has 0 saturated carbocycles. The van der Waals surface area contributed by atoms with Gasteiger partial charge >= 0.3 is 0 Å². The molecule has 0 aromatic carbocycles. The zero-order valence-electron chi connectivity index (χ0n) is 17.8. The van der Waals surface area contributed by atoms with Crippen LogP contribution in [0.25, 0.3) is 17.0 Å². The molecule has 3 aromatic heterocycles. The minimum Gasteiger partial charge on any atom is -0.386 e. The van der Waals surface area contributed by atoms with Gasteiger partial charge in [0.05, 0.1) is 23.2 Å². The summed E-state index contributed by atoms with van der Waals surface area (Å²) in [5.74, 6) is -2.40. The number of hydrogen-bond acceptors (Lipinski definition) is 5. The number of alkyl halides is 2. The first-order valence-electron chi connectivity index (χ1n) is 10.3. The van der Waals surface area contributed by atoms with Gasteiger partial charge in [0.25, 0.3) is 5.92 Å². The zero-order valence-corrected chi connectivity index (χ0v) is 17.8. The molecular formula is C22H29F2N5O. The fourth-order valence-corrected chi connectivity index (χ4v) is 3.35. The Kier molecular flexibility index (Phi) is 6.38. The van der Waals surface area contributed by atoms with E-state index >= 15 is 0 Å². The largest absolute Gasteiger partial charge is 0.386 e. The van der Waals surface area contributed by atoms with Crippen molar-refractivity contribution in [3.63, 3.8) is 0 Å². The molecule has 0 radical (unpaired) electrons. The Balaban J connectivity index is 0.00000124. The maximum atomic E-state index is 14.1. The third-order valence-corrected chi connectivity index (χ3v) is 5.04. The van der Waals surface area contributed by atoms with E-state index in [0.29, 0.717) is 23.7 Å². The number of piperidine rings is 1. The summed E-state index contributed by atoms with van der Waals surface area (Å²) in [6.45, 7) is 7.92. The average molecular weight is 418 g/mol. The van der Waals surface area contributed by atoms with Crippen LogP contribution in [0.3, 0.4) is 0 Å². The number of hydrogen-bond donors (Lipinski definition) is 3.